The SMILES string of the molecule is Cc1cccc(S(=O)(=O)Nc2ccc3cc[nH]c3c2)c1. The van der Waals surface area contributed by atoms with Gasteiger partial charge in [-0.3, -0.25) is 4.72 Å². The van der Waals surface area contributed by atoms with Gasteiger partial charge in [0.25, 0.3) is 10.0 Å². The molecule has 2 N–H and O–H groups in total. The van der Waals surface area contributed by atoms with E-state index in [0.29, 0.717) is 5.69 Å². The van der Waals surface area contributed by atoms with Crippen LogP contribution in [0, 0.1) is 6.92 Å². The van der Waals surface area contributed by atoms with Crippen LogP contribution in [0.15, 0.2) is 59.6 Å². The van der Waals surface area contributed by atoms with Gasteiger partial charge in [0, 0.05) is 11.7 Å². The number of fused-ring (bicyclic) bond motifs is 1. The van der Waals surface area contributed by atoms with Gasteiger partial charge in [-0.2, -0.15) is 0 Å². The fraction of sp³-hybridized carbons (Fsp3) is 0.0667. The molecule has 0 aliphatic heterocycles. The standard InChI is InChI=1S/C15H14N2O2S/c1-11-3-2-4-14(9-11)20(18,19)17-13-6-5-12-7-8-16-15(12)10-13/h2-10,16-17H,1H3. The van der Waals surface area contributed by atoms with Crippen molar-refractivity contribution in [2.45, 2.75) is 11.8 Å². The minimum absolute atomic E-state index is 0.268. The first kappa shape index (κ1) is 12.7. The third kappa shape index (κ3) is 2.40. The molecule has 20 heavy (non-hydrogen) atoms. The molecule has 0 bridgehead atoms. The topological polar surface area (TPSA) is 62.0 Å². The lowest BCUT2D eigenvalue weighted by molar-refractivity contribution is 0.601. The summed E-state index contributed by atoms with van der Waals surface area (Å²) in [7, 11) is -3.55. The highest BCUT2D eigenvalue weighted by Crippen LogP contribution is 2.21. The Hall–Kier alpha value is -2.27. The molecule has 0 fully saturated rings. The number of aromatic amines is 1. The van der Waals surface area contributed by atoms with E-state index in [9.17, 15) is 8.42 Å². The summed E-state index contributed by atoms with van der Waals surface area (Å²) in [5.41, 5.74) is 2.35. The molecule has 3 aromatic rings. The van der Waals surface area contributed by atoms with Crippen LogP contribution in [-0.2, 0) is 10.0 Å². The van der Waals surface area contributed by atoms with Crippen molar-refractivity contribution in [3.63, 3.8) is 0 Å². The summed E-state index contributed by atoms with van der Waals surface area (Å²) in [5.74, 6) is 0. The molecule has 1 aromatic heterocycles. The van der Waals surface area contributed by atoms with Gasteiger partial charge in [0.05, 0.1) is 10.6 Å². The van der Waals surface area contributed by atoms with Crippen LogP contribution in [0.1, 0.15) is 5.56 Å². The van der Waals surface area contributed by atoms with Gasteiger partial charge in [0.15, 0.2) is 0 Å². The molecular weight excluding hydrogens is 272 g/mol. The molecule has 0 spiro atoms. The van der Waals surface area contributed by atoms with Crippen LogP contribution in [0.25, 0.3) is 10.9 Å². The zero-order chi connectivity index (χ0) is 14.2. The summed E-state index contributed by atoms with van der Waals surface area (Å²) in [6.07, 6.45) is 1.82. The maximum atomic E-state index is 12.3. The van der Waals surface area contributed by atoms with Gasteiger partial charge in [-0.05, 0) is 48.2 Å². The summed E-state index contributed by atoms with van der Waals surface area (Å²) < 4.78 is 27.2. The van der Waals surface area contributed by atoms with Crippen LogP contribution in [0.5, 0.6) is 0 Å². The summed E-state index contributed by atoms with van der Waals surface area (Å²) >= 11 is 0. The Labute approximate surface area is 117 Å². The van der Waals surface area contributed by atoms with Crippen LogP contribution < -0.4 is 4.72 Å². The Morgan fingerprint density at radius 1 is 1.05 bits per heavy atom. The second-order valence-electron chi connectivity index (χ2n) is 4.70. The number of hydrogen-bond acceptors (Lipinski definition) is 2. The van der Waals surface area contributed by atoms with Crippen LogP contribution >= 0.6 is 0 Å². The number of rotatable bonds is 3. The van der Waals surface area contributed by atoms with Gasteiger partial charge in [0.2, 0.25) is 0 Å². The van der Waals surface area contributed by atoms with Crippen molar-refractivity contribution in [2.24, 2.45) is 0 Å². The van der Waals surface area contributed by atoms with Crippen molar-refractivity contribution in [3.05, 3.63) is 60.3 Å². The van der Waals surface area contributed by atoms with Crippen LogP contribution in [-0.4, -0.2) is 13.4 Å². The highest BCUT2D eigenvalue weighted by Gasteiger charge is 2.14. The zero-order valence-electron chi connectivity index (χ0n) is 10.9. The smallest absolute Gasteiger partial charge is 0.261 e. The first-order chi connectivity index (χ1) is 9.54. The van der Waals surface area contributed by atoms with E-state index in [1.54, 1.807) is 30.3 Å². The van der Waals surface area contributed by atoms with E-state index in [1.807, 2.05) is 31.3 Å². The Kier molecular flexibility index (Phi) is 2.99. The Bertz CT molecular complexity index is 866. The molecule has 0 aliphatic rings. The number of nitrogens with one attached hydrogen (secondary N) is 2. The zero-order valence-corrected chi connectivity index (χ0v) is 11.7. The van der Waals surface area contributed by atoms with Gasteiger partial charge in [-0.1, -0.05) is 18.2 Å². The second kappa shape index (κ2) is 4.68. The fourth-order valence-corrected chi connectivity index (χ4v) is 3.26. The quantitative estimate of drug-likeness (QED) is 0.776. The fourth-order valence-electron chi connectivity index (χ4n) is 2.11. The molecule has 0 radical (unpaired) electrons. The normalized spacial score (nSPS) is 11.7. The van der Waals surface area contributed by atoms with Crippen molar-refractivity contribution in [1.82, 2.24) is 4.98 Å². The predicted octanol–water partition coefficient (Wildman–Crippen LogP) is 3.28. The molecule has 0 unspecified atom stereocenters. The lowest BCUT2D eigenvalue weighted by atomic mass is 10.2. The third-order valence-corrected chi connectivity index (χ3v) is 4.49. The number of aromatic nitrogens is 1. The average Bonchev–Trinajstić information content (AvgIpc) is 2.85. The second-order valence-corrected chi connectivity index (χ2v) is 6.38. The van der Waals surface area contributed by atoms with Gasteiger partial charge in [-0.15, -0.1) is 0 Å². The molecule has 1 heterocycles. The first-order valence-electron chi connectivity index (χ1n) is 6.21. The van der Waals surface area contributed by atoms with E-state index in [4.69, 9.17) is 0 Å². The summed E-state index contributed by atoms with van der Waals surface area (Å²) in [5, 5.41) is 1.04. The highest BCUT2D eigenvalue weighted by molar-refractivity contribution is 7.92. The molecule has 102 valence electrons. The summed E-state index contributed by atoms with van der Waals surface area (Å²) in [6.45, 7) is 1.87. The number of benzene rings is 2. The third-order valence-electron chi connectivity index (χ3n) is 3.11. The maximum Gasteiger partial charge on any atom is 0.261 e. The monoisotopic (exact) mass is 286 g/mol. The Morgan fingerprint density at radius 2 is 1.90 bits per heavy atom. The molecule has 3 rings (SSSR count). The number of hydrogen-bond donors (Lipinski definition) is 2. The van der Waals surface area contributed by atoms with Gasteiger partial charge in [-0.25, -0.2) is 8.42 Å². The lowest BCUT2D eigenvalue weighted by Crippen LogP contribution is -2.12. The van der Waals surface area contributed by atoms with Crippen LogP contribution in [0.3, 0.4) is 0 Å². The van der Waals surface area contributed by atoms with Crippen molar-refractivity contribution in [3.8, 4) is 0 Å². The van der Waals surface area contributed by atoms with Crippen LogP contribution in [0.4, 0.5) is 5.69 Å². The lowest BCUT2D eigenvalue weighted by Gasteiger charge is -2.08. The number of anilines is 1. The van der Waals surface area contributed by atoms with E-state index in [0.717, 1.165) is 16.5 Å². The average molecular weight is 286 g/mol. The minimum atomic E-state index is -3.55. The van der Waals surface area contributed by atoms with E-state index in [-0.39, 0.29) is 4.90 Å². The molecule has 4 nitrogen and oxygen atoms in total. The van der Waals surface area contributed by atoms with Gasteiger partial charge < -0.3 is 4.98 Å². The van der Waals surface area contributed by atoms with E-state index in [1.165, 1.54) is 0 Å². The van der Waals surface area contributed by atoms with Crippen molar-refractivity contribution >= 4 is 26.6 Å². The Morgan fingerprint density at radius 3 is 2.70 bits per heavy atom. The summed E-state index contributed by atoms with van der Waals surface area (Å²) in [4.78, 5) is 3.33. The summed E-state index contributed by atoms with van der Waals surface area (Å²) in [6, 6.07) is 14.2. The van der Waals surface area contributed by atoms with Gasteiger partial charge in [0.1, 0.15) is 0 Å². The first-order valence-corrected chi connectivity index (χ1v) is 7.69. The van der Waals surface area contributed by atoms with E-state index < -0.39 is 10.0 Å². The largest absolute Gasteiger partial charge is 0.361 e. The van der Waals surface area contributed by atoms with Gasteiger partial charge >= 0.3 is 0 Å². The van der Waals surface area contributed by atoms with E-state index >= 15 is 0 Å². The highest BCUT2D eigenvalue weighted by atomic mass is 32.2. The van der Waals surface area contributed by atoms with Crippen molar-refractivity contribution in [1.29, 1.82) is 0 Å². The number of aryl methyl sites for hydroxylation is 1. The molecule has 5 heteroatoms. The molecule has 0 aliphatic carbocycles. The Balaban J connectivity index is 1.96. The molecule has 0 saturated carbocycles. The maximum absolute atomic E-state index is 12.3. The minimum Gasteiger partial charge on any atom is -0.361 e. The molecule has 2 aromatic carbocycles. The molecule has 0 saturated heterocycles. The number of H-pyrrole nitrogens is 1. The molecule has 0 atom stereocenters. The molecular formula is C15H14N2O2S. The molecule has 0 amide bonds. The predicted molar refractivity (Wildman–Crippen MR) is 80.3 cm³/mol. The van der Waals surface area contributed by atoms with E-state index in [2.05, 4.69) is 9.71 Å². The van der Waals surface area contributed by atoms with Crippen molar-refractivity contribution in [2.75, 3.05) is 4.72 Å². The number of sulfonamides is 1. The van der Waals surface area contributed by atoms with Crippen molar-refractivity contribution < 1.29 is 8.42 Å². The van der Waals surface area contributed by atoms with Crippen LogP contribution in [0.2, 0.25) is 0 Å².